The summed E-state index contributed by atoms with van der Waals surface area (Å²) < 4.78 is 5.30. The van der Waals surface area contributed by atoms with Crippen molar-refractivity contribution in [2.75, 3.05) is 22.8 Å². The molecule has 0 saturated heterocycles. The average molecular weight is 761 g/mol. The zero-order valence-corrected chi connectivity index (χ0v) is 30.3. The van der Waals surface area contributed by atoms with Crippen molar-refractivity contribution in [1.29, 1.82) is 0 Å². The number of ether oxygens (including phenoxy) is 1. The first-order valence-electron chi connectivity index (χ1n) is 14.9. The van der Waals surface area contributed by atoms with Gasteiger partial charge in [-0.25, -0.2) is 23.1 Å². The third-order valence-electron chi connectivity index (χ3n) is 6.48. The van der Waals surface area contributed by atoms with Crippen molar-refractivity contribution in [1.82, 2.24) is 15.0 Å². The summed E-state index contributed by atoms with van der Waals surface area (Å²) in [4.78, 5) is 30.7. The highest BCUT2D eigenvalue weighted by atomic mass is 79.9. The van der Waals surface area contributed by atoms with Crippen LogP contribution in [0.4, 0.5) is 10.3 Å². The standard InChI is InChI=1S/C17H16N4O2S.C16H16N2O2S.C2H2BrN/c1-10(2)19-17-21-15(8-24-17)14-7-16(22)12-5-4-11(23-9-18-3)6-13(12)20-14;1-9(2)17-16-18-14(8-21-16)11-5-10-6-12(19)3-4-13(10)15(20)7-11;1-4-2-3/h4-8,10H,9H2,1-2H3,(H,19,21)(H,20,22);3-9,19-20H,1-2H3,(H,17,18);2H2. The number of H-pyrrole nitrogens is 1. The van der Waals surface area contributed by atoms with E-state index in [2.05, 4.69) is 65.1 Å². The number of halogens is 1. The van der Waals surface area contributed by atoms with Crippen molar-refractivity contribution in [3.05, 3.63) is 98.4 Å². The fraction of sp³-hybridized carbons (Fsp3) is 0.229. The van der Waals surface area contributed by atoms with Crippen LogP contribution in [0.5, 0.6) is 17.2 Å². The lowest BCUT2D eigenvalue weighted by Gasteiger charge is -2.06. The molecule has 0 spiro atoms. The van der Waals surface area contributed by atoms with Gasteiger partial charge in [0.15, 0.2) is 15.7 Å². The minimum Gasteiger partial charge on any atom is -0.508 e. The number of aromatic hydroxyl groups is 2. The van der Waals surface area contributed by atoms with E-state index in [4.69, 9.17) is 17.9 Å². The van der Waals surface area contributed by atoms with Crippen molar-refractivity contribution in [2.24, 2.45) is 0 Å². The number of anilines is 2. The Morgan fingerprint density at radius 1 is 0.878 bits per heavy atom. The monoisotopic (exact) mass is 759 g/mol. The molecule has 3 aromatic carbocycles. The number of rotatable bonds is 8. The zero-order chi connectivity index (χ0) is 35.5. The number of nitrogens with zero attached hydrogens (tertiary/aromatic N) is 4. The molecule has 14 heteroatoms. The molecule has 6 rings (SSSR count). The van der Waals surface area contributed by atoms with E-state index >= 15 is 0 Å². The Hall–Kier alpha value is -5.15. The Bertz CT molecular complexity index is 2180. The summed E-state index contributed by atoms with van der Waals surface area (Å²) in [5, 5.41) is 33.8. The molecule has 11 nitrogen and oxygen atoms in total. The first kappa shape index (κ1) is 36.7. The van der Waals surface area contributed by atoms with E-state index < -0.39 is 0 Å². The second-order valence-electron chi connectivity index (χ2n) is 11.0. The maximum Gasteiger partial charge on any atom is 0.357 e. The molecule has 5 N–H and O–H groups in total. The van der Waals surface area contributed by atoms with Gasteiger partial charge in [0.2, 0.25) is 0 Å². The summed E-state index contributed by atoms with van der Waals surface area (Å²) in [7, 11) is 0. The van der Waals surface area contributed by atoms with Gasteiger partial charge in [0, 0.05) is 67.2 Å². The summed E-state index contributed by atoms with van der Waals surface area (Å²) in [6.45, 7) is 21.0. The number of nitrogens with one attached hydrogen (secondary N) is 3. The van der Waals surface area contributed by atoms with Gasteiger partial charge in [-0.3, -0.25) is 9.64 Å². The molecule has 0 radical (unpaired) electrons. The van der Waals surface area contributed by atoms with Crippen LogP contribution in [-0.2, 0) is 0 Å². The number of phenolic OH excluding ortho intramolecular Hbond substituents is 2. The van der Waals surface area contributed by atoms with Crippen LogP contribution >= 0.6 is 38.6 Å². The van der Waals surface area contributed by atoms with Crippen LogP contribution in [-0.4, -0.2) is 49.4 Å². The Morgan fingerprint density at radius 2 is 1.51 bits per heavy atom. The number of alkyl halides is 1. The number of aromatic amines is 1. The lowest BCUT2D eigenvalue weighted by atomic mass is 10.0. The maximum atomic E-state index is 12.3. The molecule has 0 atom stereocenters. The topological polar surface area (TPSA) is 141 Å². The highest BCUT2D eigenvalue weighted by Crippen LogP contribution is 2.34. The minimum absolute atomic E-state index is 0.0499. The molecule has 0 saturated carbocycles. The SMILES string of the molecule is CC(C)Nc1nc(-c2cc(O)c3ccc(O)cc3c2)cs1.[C-]#[N+]CBr.[C-]#[N+]COc1ccc2c(=O)cc(-c3csc(NC(C)C)n3)[nH]c2c1. The highest BCUT2D eigenvalue weighted by molar-refractivity contribution is 9.09. The van der Waals surface area contributed by atoms with Gasteiger partial charge in [0.25, 0.3) is 5.45 Å². The molecule has 3 aromatic heterocycles. The third-order valence-corrected chi connectivity index (χ3v) is 8.27. The van der Waals surface area contributed by atoms with E-state index in [1.165, 1.54) is 22.7 Å². The Kier molecular flexibility index (Phi) is 13.0. The number of thiazole rings is 2. The summed E-state index contributed by atoms with van der Waals surface area (Å²) in [5.41, 5.74) is 4.01. The number of hydrogen-bond acceptors (Lipinski definition) is 10. The van der Waals surface area contributed by atoms with Crippen molar-refractivity contribution < 1.29 is 14.9 Å². The van der Waals surface area contributed by atoms with Crippen LogP contribution < -0.4 is 20.8 Å². The minimum atomic E-state index is -0.0816. The maximum absolute atomic E-state index is 12.3. The normalized spacial score (nSPS) is 10.5. The van der Waals surface area contributed by atoms with Crippen LogP contribution in [0, 0.1) is 13.1 Å². The summed E-state index contributed by atoms with van der Waals surface area (Å²) >= 11 is 5.92. The highest BCUT2D eigenvalue weighted by Gasteiger charge is 2.11. The molecule has 0 aliphatic heterocycles. The lowest BCUT2D eigenvalue weighted by Crippen LogP contribution is -2.09. The van der Waals surface area contributed by atoms with E-state index in [-0.39, 0.29) is 23.7 Å². The van der Waals surface area contributed by atoms with Crippen molar-refractivity contribution in [3.8, 4) is 39.9 Å². The number of pyridine rings is 1. The van der Waals surface area contributed by atoms with Gasteiger partial charge < -0.3 is 35.4 Å². The second kappa shape index (κ2) is 17.3. The molecule has 0 unspecified atom stereocenters. The molecule has 49 heavy (non-hydrogen) atoms. The molecule has 0 aliphatic carbocycles. The third kappa shape index (κ3) is 10.2. The van der Waals surface area contributed by atoms with Gasteiger partial charge in [-0.1, -0.05) is 0 Å². The van der Waals surface area contributed by atoms with Crippen molar-refractivity contribution >= 4 is 70.5 Å². The van der Waals surface area contributed by atoms with E-state index in [1.54, 1.807) is 48.5 Å². The number of fused-ring (bicyclic) bond motifs is 2. The molecule has 252 valence electrons. The first-order chi connectivity index (χ1) is 23.5. The van der Waals surface area contributed by atoms with Gasteiger partial charge in [0.1, 0.15) is 17.2 Å². The fourth-order valence-electron chi connectivity index (χ4n) is 4.48. The Morgan fingerprint density at radius 3 is 2.14 bits per heavy atom. The van der Waals surface area contributed by atoms with E-state index in [0.29, 0.717) is 45.3 Å². The van der Waals surface area contributed by atoms with Gasteiger partial charge in [-0.2, -0.15) is 0 Å². The quantitative estimate of drug-likeness (QED) is 0.0588. The molecule has 6 aromatic rings. The summed E-state index contributed by atoms with van der Waals surface area (Å²) in [5.74, 6) is 0.917. The van der Waals surface area contributed by atoms with Crippen LogP contribution in [0.3, 0.4) is 0 Å². The predicted molar refractivity (Wildman–Crippen MR) is 204 cm³/mol. The Labute approximate surface area is 300 Å². The number of phenols is 2. The van der Waals surface area contributed by atoms with Gasteiger partial charge >= 0.3 is 6.73 Å². The van der Waals surface area contributed by atoms with E-state index in [0.717, 1.165) is 32.6 Å². The fourth-order valence-corrected chi connectivity index (χ4v) is 6.21. The lowest BCUT2D eigenvalue weighted by molar-refractivity contribution is 0.361. The van der Waals surface area contributed by atoms with Gasteiger partial charge in [0.05, 0.1) is 22.6 Å². The van der Waals surface area contributed by atoms with Crippen molar-refractivity contribution in [2.45, 2.75) is 39.8 Å². The van der Waals surface area contributed by atoms with Gasteiger partial charge in [-0.15, -0.1) is 22.7 Å². The van der Waals surface area contributed by atoms with E-state index in [1.807, 2.05) is 30.7 Å². The first-order valence-corrected chi connectivity index (χ1v) is 17.8. The number of benzene rings is 3. The molecule has 0 fully saturated rings. The molecule has 0 aliphatic rings. The molecule has 0 bridgehead atoms. The van der Waals surface area contributed by atoms with Crippen LogP contribution in [0.25, 0.3) is 54.0 Å². The van der Waals surface area contributed by atoms with Crippen LogP contribution in [0.2, 0.25) is 0 Å². The second-order valence-corrected chi connectivity index (χ2v) is 13.3. The molecule has 3 heterocycles. The molecule has 0 amide bonds. The summed E-state index contributed by atoms with van der Waals surface area (Å²) in [6.07, 6.45) is 0. The van der Waals surface area contributed by atoms with Crippen LogP contribution in [0.15, 0.2) is 70.2 Å². The van der Waals surface area contributed by atoms with Gasteiger partial charge in [-0.05, 0) is 75.5 Å². The summed E-state index contributed by atoms with van der Waals surface area (Å²) in [6, 6.07) is 15.8. The zero-order valence-electron chi connectivity index (χ0n) is 27.1. The average Bonchev–Trinajstić information content (AvgIpc) is 3.73. The number of hydrogen-bond donors (Lipinski definition) is 5. The smallest absolute Gasteiger partial charge is 0.357 e. The number of aromatic nitrogens is 3. The Balaban J connectivity index is 0.000000201. The predicted octanol–water partition coefficient (Wildman–Crippen LogP) is 9.18. The van der Waals surface area contributed by atoms with Crippen molar-refractivity contribution in [3.63, 3.8) is 0 Å². The van der Waals surface area contributed by atoms with Crippen LogP contribution in [0.1, 0.15) is 27.7 Å². The molecular weight excluding hydrogens is 726 g/mol. The largest absolute Gasteiger partial charge is 0.508 e. The molecular formula is C35H34BrN7O4S2. The van der Waals surface area contributed by atoms with E-state index in [9.17, 15) is 15.0 Å².